The monoisotopic (exact) mass is 317 g/mol. The van der Waals surface area contributed by atoms with Crippen LogP contribution in [0.1, 0.15) is 36.2 Å². The number of amides is 1. The third-order valence-corrected chi connectivity index (χ3v) is 3.03. The predicted octanol–water partition coefficient (Wildman–Crippen LogP) is 2.61. The summed E-state index contributed by atoms with van der Waals surface area (Å²) in [5.74, 6) is -0.302. The minimum atomic E-state index is -0.534. The molecule has 0 spiro atoms. The highest BCUT2D eigenvalue weighted by Crippen LogP contribution is 2.11. The van der Waals surface area contributed by atoms with Crippen LogP contribution in [0.25, 0.3) is 0 Å². The number of hydrogen-bond acceptors (Lipinski definition) is 3. The third kappa shape index (κ3) is 4.87. The lowest BCUT2D eigenvalue weighted by molar-refractivity contribution is -0.384. The summed E-state index contributed by atoms with van der Waals surface area (Å²) < 4.78 is 0. The normalized spacial score (nSPS) is 10.3. The Morgan fingerprint density at radius 3 is 2.72 bits per heavy atom. The average Bonchev–Trinajstić information content (AvgIpc) is 2.83. The number of nitrogens with zero attached hydrogens (tertiary/aromatic N) is 1. The molecule has 0 aromatic carbocycles. The summed E-state index contributed by atoms with van der Waals surface area (Å²) in [7, 11) is 0. The number of aromatic amines is 1. The van der Waals surface area contributed by atoms with E-state index in [9.17, 15) is 14.9 Å². The second-order valence-corrected chi connectivity index (χ2v) is 4.68. The molecule has 1 rings (SSSR count). The van der Waals surface area contributed by atoms with Crippen LogP contribution in [0.2, 0.25) is 0 Å². The van der Waals surface area contributed by atoms with E-state index in [1.54, 1.807) is 0 Å². The first-order chi connectivity index (χ1) is 8.65. The summed E-state index contributed by atoms with van der Waals surface area (Å²) in [6.07, 6.45) is 5.47. The fourth-order valence-electron chi connectivity index (χ4n) is 1.49. The molecule has 1 aromatic heterocycles. The largest absolute Gasteiger partial charge is 0.351 e. The van der Waals surface area contributed by atoms with Gasteiger partial charge in [-0.2, -0.15) is 0 Å². The Labute approximate surface area is 113 Å². The molecular weight excluding hydrogens is 302 g/mol. The Balaban J connectivity index is 2.25. The number of hydrogen-bond donors (Lipinski definition) is 2. The molecule has 0 aliphatic carbocycles. The molecular formula is C11H16BrN3O3. The van der Waals surface area contributed by atoms with Gasteiger partial charge in [-0.05, 0) is 12.8 Å². The van der Waals surface area contributed by atoms with Crippen molar-refractivity contribution in [3.05, 3.63) is 28.1 Å². The SMILES string of the molecule is O=C(NCCCCCCBr)c1cc([N+](=O)[O-])c[nH]1. The van der Waals surface area contributed by atoms with Gasteiger partial charge in [0.15, 0.2) is 0 Å². The lowest BCUT2D eigenvalue weighted by Gasteiger charge is -2.02. The van der Waals surface area contributed by atoms with Gasteiger partial charge in [-0.1, -0.05) is 28.8 Å². The maximum Gasteiger partial charge on any atom is 0.287 e. The molecule has 1 amide bonds. The van der Waals surface area contributed by atoms with Gasteiger partial charge in [0.1, 0.15) is 5.69 Å². The molecule has 0 aliphatic rings. The standard InChI is InChI=1S/C11H16BrN3O3/c12-5-3-1-2-4-6-13-11(16)10-7-9(8-14-10)15(17)18/h7-8,14H,1-6H2,(H,13,16). The minimum absolute atomic E-state index is 0.0996. The van der Waals surface area contributed by atoms with Gasteiger partial charge >= 0.3 is 0 Å². The Kier molecular flexibility index (Phi) is 6.42. The van der Waals surface area contributed by atoms with Gasteiger partial charge in [0, 0.05) is 17.9 Å². The first kappa shape index (κ1) is 14.7. The quantitative estimate of drug-likeness (QED) is 0.334. The van der Waals surface area contributed by atoms with Gasteiger partial charge in [-0.15, -0.1) is 0 Å². The summed E-state index contributed by atoms with van der Waals surface area (Å²) in [5.41, 5.74) is 0.125. The molecule has 0 saturated carbocycles. The second kappa shape index (κ2) is 7.86. The minimum Gasteiger partial charge on any atom is -0.351 e. The number of rotatable bonds is 8. The van der Waals surface area contributed by atoms with Gasteiger partial charge in [-0.3, -0.25) is 14.9 Å². The molecule has 6 nitrogen and oxygen atoms in total. The van der Waals surface area contributed by atoms with Crippen LogP contribution in [0.3, 0.4) is 0 Å². The van der Waals surface area contributed by atoms with E-state index in [4.69, 9.17) is 0 Å². The van der Waals surface area contributed by atoms with Gasteiger partial charge in [0.2, 0.25) is 0 Å². The molecule has 100 valence electrons. The first-order valence-corrected chi connectivity index (χ1v) is 6.94. The maximum atomic E-state index is 11.6. The highest BCUT2D eigenvalue weighted by atomic mass is 79.9. The summed E-state index contributed by atoms with van der Waals surface area (Å²) in [5, 5.41) is 14.2. The van der Waals surface area contributed by atoms with Crippen LogP contribution >= 0.6 is 15.9 Å². The van der Waals surface area contributed by atoms with Crippen molar-refractivity contribution >= 4 is 27.5 Å². The van der Waals surface area contributed by atoms with Crippen molar-refractivity contribution in [2.24, 2.45) is 0 Å². The average molecular weight is 318 g/mol. The summed E-state index contributed by atoms with van der Waals surface area (Å²) in [6.45, 7) is 0.591. The van der Waals surface area contributed by atoms with E-state index in [1.807, 2.05) is 0 Å². The number of nitro groups is 1. The second-order valence-electron chi connectivity index (χ2n) is 3.89. The smallest absolute Gasteiger partial charge is 0.287 e. The van der Waals surface area contributed by atoms with E-state index < -0.39 is 4.92 Å². The summed E-state index contributed by atoms with van der Waals surface area (Å²) >= 11 is 3.36. The van der Waals surface area contributed by atoms with Gasteiger partial charge < -0.3 is 10.3 Å². The Morgan fingerprint density at radius 2 is 2.11 bits per heavy atom. The zero-order chi connectivity index (χ0) is 13.4. The maximum absolute atomic E-state index is 11.6. The van der Waals surface area contributed by atoms with Crippen molar-refractivity contribution in [1.29, 1.82) is 0 Å². The number of alkyl halides is 1. The van der Waals surface area contributed by atoms with E-state index in [2.05, 4.69) is 26.2 Å². The van der Waals surface area contributed by atoms with Crippen LogP contribution < -0.4 is 5.32 Å². The Bertz CT molecular complexity index is 406. The van der Waals surface area contributed by atoms with E-state index >= 15 is 0 Å². The molecule has 18 heavy (non-hydrogen) atoms. The highest BCUT2D eigenvalue weighted by molar-refractivity contribution is 9.09. The van der Waals surface area contributed by atoms with Gasteiger partial charge in [0.05, 0.1) is 11.1 Å². The molecule has 0 bridgehead atoms. The van der Waals surface area contributed by atoms with Crippen LogP contribution in [-0.4, -0.2) is 27.7 Å². The van der Waals surface area contributed by atoms with E-state index in [0.717, 1.165) is 31.0 Å². The first-order valence-electron chi connectivity index (χ1n) is 5.82. The van der Waals surface area contributed by atoms with Crippen molar-refractivity contribution < 1.29 is 9.72 Å². The number of halogens is 1. The van der Waals surface area contributed by atoms with Crippen LogP contribution in [-0.2, 0) is 0 Å². The zero-order valence-corrected chi connectivity index (χ0v) is 11.5. The highest BCUT2D eigenvalue weighted by Gasteiger charge is 2.13. The number of unbranched alkanes of at least 4 members (excludes halogenated alkanes) is 3. The fourth-order valence-corrected chi connectivity index (χ4v) is 1.89. The molecule has 0 radical (unpaired) electrons. The van der Waals surface area contributed by atoms with Crippen LogP contribution in [0.5, 0.6) is 0 Å². The number of H-pyrrole nitrogens is 1. The molecule has 0 fully saturated rings. The molecule has 7 heteroatoms. The van der Waals surface area contributed by atoms with Crippen LogP contribution in [0, 0.1) is 10.1 Å². The van der Waals surface area contributed by atoms with Crippen molar-refractivity contribution in [2.75, 3.05) is 11.9 Å². The van der Waals surface area contributed by atoms with E-state index in [-0.39, 0.29) is 17.3 Å². The molecule has 1 heterocycles. The number of aromatic nitrogens is 1. The molecule has 1 aromatic rings. The molecule has 0 aliphatic heterocycles. The Hall–Kier alpha value is -1.37. The summed E-state index contributed by atoms with van der Waals surface area (Å²) in [4.78, 5) is 24.1. The lowest BCUT2D eigenvalue weighted by atomic mass is 10.2. The third-order valence-electron chi connectivity index (χ3n) is 2.47. The molecule has 2 N–H and O–H groups in total. The van der Waals surface area contributed by atoms with E-state index in [1.165, 1.54) is 12.3 Å². The lowest BCUT2D eigenvalue weighted by Crippen LogP contribution is -2.24. The van der Waals surface area contributed by atoms with E-state index in [0.29, 0.717) is 6.54 Å². The number of carbonyl (C=O) groups excluding carboxylic acids is 1. The number of nitrogens with one attached hydrogen (secondary N) is 2. The zero-order valence-electron chi connectivity index (χ0n) is 9.95. The summed E-state index contributed by atoms with van der Waals surface area (Å²) in [6, 6.07) is 1.24. The number of carbonyl (C=O) groups is 1. The molecule has 0 saturated heterocycles. The van der Waals surface area contributed by atoms with Crippen molar-refractivity contribution in [2.45, 2.75) is 25.7 Å². The van der Waals surface area contributed by atoms with Crippen LogP contribution in [0.4, 0.5) is 5.69 Å². The topological polar surface area (TPSA) is 88.0 Å². The Morgan fingerprint density at radius 1 is 1.39 bits per heavy atom. The van der Waals surface area contributed by atoms with Crippen molar-refractivity contribution in [1.82, 2.24) is 10.3 Å². The van der Waals surface area contributed by atoms with Gasteiger partial charge in [0.25, 0.3) is 11.6 Å². The van der Waals surface area contributed by atoms with Crippen LogP contribution in [0.15, 0.2) is 12.3 Å². The predicted molar refractivity (Wildman–Crippen MR) is 72.0 cm³/mol. The molecule has 0 unspecified atom stereocenters. The van der Waals surface area contributed by atoms with Crippen molar-refractivity contribution in [3.8, 4) is 0 Å². The van der Waals surface area contributed by atoms with Crippen molar-refractivity contribution in [3.63, 3.8) is 0 Å². The van der Waals surface area contributed by atoms with Gasteiger partial charge in [-0.25, -0.2) is 0 Å². The molecule has 0 atom stereocenters. The fraction of sp³-hybridized carbons (Fsp3) is 0.545.